The number of nitrogens with zero attached hydrogens (tertiary/aromatic N) is 1. The molecular formula is C18H28N2O3. The number of hydrogen-bond donors (Lipinski definition) is 2. The lowest BCUT2D eigenvalue weighted by molar-refractivity contribution is 0.190. The summed E-state index contributed by atoms with van der Waals surface area (Å²) in [5.41, 5.74) is 1.25. The maximum atomic E-state index is 12.4. The van der Waals surface area contributed by atoms with Gasteiger partial charge in [0.15, 0.2) is 0 Å². The van der Waals surface area contributed by atoms with Crippen molar-refractivity contribution >= 4 is 6.03 Å². The molecule has 2 amide bonds. The first kappa shape index (κ1) is 17.6. The third kappa shape index (κ3) is 4.61. The molecule has 5 heteroatoms. The van der Waals surface area contributed by atoms with Gasteiger partial charge in [-0.15, -0.1) is 0 Å². The van der Waals surface area contributed by atoms with Crippen molar-refractivity contribution in [2.24, 2.45) is 0 Å². The summed E-state index contributed by atoms with van der Waals surface area (Å²) in [4.78, 5) is 14.4. The second kappa shape index (κ2) is 8.20. The SMILES string of the molecule is COc1ccc(C2CC(C)N(C(=O)NC(C)CCCO)C2)cc1. The molecule has 1 aromatic carbocycles. The maximum Gasteiger partial charge on any atom is 0.317 e. The van der Waals surface area contributed by atoms with E-state index in [1.165, 1.54) is 5.56 Å². The van der Waals surface area contributed by atoms with E-state index in [0.29, 0.717) is 12.3 Å². The van der Waals surface area contributed by atoms with Crippen molar-refractivity contribution in [3.63, 3.8) is 0 Å². The normalized spacial score (nSPS) is 22.0. The Balaban J connectivity index is 1.93. The monoisotopic (exact) mass is 320 g/mol. The Morgan fingerprint density at radius 1 is 1.43 bits per heavy atom. The van der Waals surface area contributed by atoms with E-state index >= 15 is 0 Å². The Labute approximate surface area is 138 Å². The fraction of sp³-hybridized carbons (Fsp3) is 0.611. The molecule has 0 aromatic heterocycles. The summed E-state index contributed by atoms with van der Waals surface area (Å²) < 4.78 is 5.20. The van der Waals surface area contributed by atoms with Crippen LogP contribution in [-0.2, 0) is 0 Å². The molecular weight excluding hydrogens is 292 g/mol. The number of rotatable bonds is 6. The van der Waals surface area contributed by atoms with Crippen molar-refractivity contribution in [3.05, 3.63) is 29.8 Å². The van der Waals surface area contributed by atoms with Crippen LogP contribution in [0.3, 0.4) is 0 Å². The molecule has 2 rings (SSSR count). The van der Waals surface area contributed by atoms with Crippen LogP contribution in [0.2, 0.25) is 0 Å². The summed E-state index contributed by atoms with van der Waals surface area (Å²) in [7, 11) is 1.66. The summed E-state index contributed by atoms with van der Waals surface area (Å²) >= 11 is 0. The third-order valence-electron chi connectivity index (χ3n) is 4.59. The minimum absolute atomic E-state index is 0.000971. The number of carbonyl (C=O) groups excluding carboxylic acids is 1. The topological polar surface area (TPSA) is 61.8 Å². The van der Waals surface area contributed by atoms with Crippen LogP contribution in [0.4, 0.5) is 4.79 Å². The molecule has 0 aliphatic carbocycles. The van der Waals surface area contributed by atoms with E-state index in [1.54, 1.807) is 7.11 Å². The van der Waals surface area contributed by atoms with Crippen molar-refractivity contribution in [2.45, 2.75) is 51.1 Å². The number of likely N-dealkylation sites (tertiary alicyclic amines) is 1. The van der Waals surface area contributed by atoms with Gasteiger partial charge in [-0.1, -0.05) is 12.1 Å². The minimum Gasteiger partial charge on any atom is -0.497 e. The zero-order valence-corrected chi connectivity index (χ0v) is 14.3. The Bertz CT molecular complexity index is 503. The zero-order valence-electron chi connectivity index (χ0n) is 14.3. The van der Waals surface area contributed by atoms with Crippen LogP contribution in [0.1, 0.15) is 44.6 Å². The molecule has 128 valence electrons. The van der Waals surface area contributed by atoms with E-state index in [4.69, 9.17) is 9.84 Å². The summed E-state index contributed by atoms with van der Waals surface area (Å²) in [6, 6.07) is 8.43. The molecule has 1 heterocycles. The molecule has 0 spiro atoms. The molecule has 2 N–H and O–H groups in total. The number of benzene rings is 1. The maximum absolute atomic E-state index is 12.4. The van der Waals surface area contributed by atoms with E-state index in [-0.39, 0.29) is 24.7 Å². The predicted octanol–water partition coefficient (Wildman–Crippen LogP) is 2.74. The number of methoxy groups -OCH3 is 1. The molecule has 1 aliphatic rings. The predicted molar refractivity (Wildman–Crippen MR) is 90.8 cm³/mol. The number of aliphatic hydroxyl groups is 1. The van der Waals surface area contributed by atoms with Gasteiger partial charge in [0.25, 0.3) is 0 Å². The summed E-state index contributed by atoms with van der Waals surface area (Å²) in [6.07, 6.45) is 2.49. The first-order valence-corrected chi connectivity index (χ1v) is 8.37. The molecule has 0 radical (unpaired) electrons. The molecule has 3 unspecified atom stereocenters. The molecule has 5 nitrogen and oxygen atoms in total. The van der Waals surface area contributed by atoms with Gasteiger partial charge in [0.05, 0.1) is 7.11 Å². The van der Waals surface area contributed by atoms with Gasteiger partial charge in [-0.3, -0.25) is 0 Å². The van der Waals surface area contributed by atoms with Crippen molar-refractivity contribution in [1.29, 1.82) is 0 Å². The van der Waals surface area contributed by atoms with Crippen molar-refractivity contribution in [1.82, 2.24) is 10.2 Å². The van der Waals surface area contributed by atoms with Crippen LogP contribution >= 0.6 is 0 Å². The first-order chi connectivity index (χ1) is 11.0. The van der Waals surface area contributed by atoms with Gasteiger partial charge in [0.1, 0.15) is 5.75 Å². The summed E-state index contributed by atoms with van der Waals surface area (Å²) in [5.74, 6) is 1.22. The van der Waals surface area contributed by atoms with E-state index in [9.17, 15) is 4.79 Å². The largest absolute Gasteiger partial charge is 0.497 e. The molecule has 3 atom stereocenters. The lowest BCUT2D eigenvalue weighted by Crippen LogP contribution is -2.45. The highest BCUT2D eigenvalue weighted by Gasteiger charge is 2.33. The number of aliphatic hydroxyl groups excluding tert-OH is 1. The van der Waals surface area contributed by atoms with Gasteiger partial charge in [-0.2, -0.15) is 0 Å². The summed E-state index contributed by atoms with van der Waals surface area (Å²) in [6.45, 7) is 4.99. The number of amides is 2. The van der Waals surface area contributed by atoms with Gasteiger partial charge in [-0.05, 0) is 50.8 Å². The van der Waals surface area contributed by atoms with E-state index in [0.717, 1.165) is 25.1 Å². The smallest absolute Gasteiger partial charge is 0.317 e. The molecule has 23 heavy (non-hydrogen) atoms. The molecule has 1 aliphatic heterocycles. The Kier molecular flexibility index (Phi) is 6.28. The van der Waals surface area contributed by atoms with E-state index < -0.39 is 0 Å². The lowest BCUT2D eigenvalue weighted by atomic mass is 9.97. The van der Waals surface area contributed by atoms with Gasteiger partial charge >= 0.3 is 6.03 Å². The lowest BCUT2D eigenvalue weighted by Gasteiger charge is -2.24. The standard InChI is InChI=1S/C18H28N2O3/c1-13(5-4-10-21)19-18(22)20-12-16(11-14(20)2)15-6-8-17(23-3)9-7-15/h6-9,13-14,16,21H,4-5,10-12H2,1-3H3,(H,19,22). The molecule has 1 aromatic rings. The highest BCUT2D eigenvalue weighted by atomic mass is 16.5. The van der Waals surface area contributed by atoms with Crippen molar-refractivity contribution in [2.75, 3.05) is 20.3 Å². The van der Waals surface area contributed by atoms with Gasteiger partial charge < -0.3 is 20.1 Å². The molecule has 0 bridgehead atoms. The number of urea groups is 1. The highest BCUT2D eigenvalue weighted by Crippen LogP contribution is 2.32. The Morgan fingerprint density at radius 3 is 2.74 bits per heavy atom. The zero-order chi connectivity index (χ0) is 16.8. The van der Waals surface area contributed by atoms with Crippen molar-refractivity contribution < 1.29 is 14.6 Å². The van der Waals surface area contributed by atoms with Gasteiger partial charge in [0, 0.05) is 31.2 Å². The fourth-order valence-electron chi connectivity index (χ4n) is 3.19. The van der Waals surface area contributed by atoms with Crippen LogP contribution in [0.5, 0.6) is 5.75 Å². The average Bonchev–Trinajstić information content (AvgIpc) is 2.95. The Morgan fingerprint density at radius 2 is 2.13 bits per heavy atom. The first-order valence-electron chi connectivity index (χ1n) is 8.37. The fourth-order valence-corrected chi connectivity index (χ4v) is 3.19. The van der Waals surface area contributed by atoms with Crippen molar-refractivity contribution in [3.8, 4) is 5.75 Å². The Hall–Kier alpha value is -1.75. The highest BCUT2D eigenvalue weighted by molar-refractivity contribution is 5.75. The number of carbonyl (C=O) groups is 1. The minimum atomic E-state index is -0.000971. The molecule has 0 saturated carbocycles. The third-order valence-corrected chi connectivity index (χ3v) is 4.59. The number of ether oxygens (including phenoxy) is 1. The van der Waals surface area contributed by atoms with E-state index in [2.05, 4.69) is 24.4 Å². The molecule has 1 fully saturated rings. The number of nitrogens with one attached hydrogen (secondary N) is 1. The van der Waals surface area contributed by atoms with Gasteiger partial charge in [-0.25, -0.2) is 4.79 Å². The van der Waals surface area contributed by atoms with Crippen LogP contribution in [0, 0.1) is 0 Å². The van der Waals surface area contributed by atoms with Crippen LogP contribution in [0.15, 0.2) is 24.3 Å². The van der Waals surface area contributed by atoms with Crippen LogP contribution < -0.4 is 10.1 Å². The second-order valence-electron chi connectivity index (χ2n) is 6.42. The van der Waals surface area contributed by atoms with E-state index in [1.807, 2.05) is 24.0 Å². The summed E-state index contributed by atoms with van der Waals surface area (Å²) in [5, 5.41) is 11.9. The van der Waals surface area contributed by atoms with Crippen LogP contribution in [0.25, 0.3) is 0 Å². The van der Waals surface area contributed by atoms with Gasteiger partial charge in [0.2, 0.25) is 0 Å². The second-order valence-corrected chi connectivity index (χ2v) is 6.42. The average molecular weight is 320 g/mol. The molecule has 1 saturated heterocycles. The number of hydrogen-bond acceptors (Lipinski definition) is 3. The van der Waals surface area contributed by atoms with Crippen LogP contribution in [-0.4, -0.2) is 48.4 Å². The quantitative estimate of drug-likeness (QED) is 0.847.